The lowest BCUT2D eigenvalue weighted by Crippen LogP contribution is -1.95. The van der Waals surface area contributed by atoms with Crippen LogP contribution in [0.4, 0.5) is 0 Å². The molecule has 0 saturated carbocycles. The second kappa shape index (κ2) is 3.59. The van der Waals surface area contributed by atoms with Gasteiger partial charge < -0.3 is 4.52 Å². The van der Waals surface area contributed by atoms with Gasteiger partial charge in [-0.1, -0.05) is 30.3 Å². The molecule has 4 heteroatoms. The third-order valence-electron chi connectivity index (χ3n) is 2.69. The van der Waals surface area contributed by atoms with Crippen molar-refractivity contribution in [3.63, 3.8) is 0 Å². The second-order valence-electron chi connectivity index (χ2n) is 3.82. The van der Waals surface area contributed by atoms with Crippen LogP contribution in [-0.2, 0) is 0 Å². The van der Waals surface area contributed by atoms with Gasteiger partial charge in [0.25, 0.3) is 0 Å². The predicted molar refractivity (Wildman–Crippen MR) is 63.9 cm³/mol. The number of aryl methyl sites for hydroxylation is 1. The summed E-state index contributed by atoms with van der Waals surface area (Å²) in [7, 11) is 0. The fourth-order valence-corrected chi connectivity index (χ4v) is 1.86. The van der Waals surface area contributed by atoms with E-state index in [2.05, 4.69) is 4.98 Å². The van der Waals surface area contributed by atoms with Crippen molar-refractivity contribution in [1.82, 2.24) is 9.56 Å². The van der Waals surface area contributed by atoms with Crippen LogP contribution in [0.2, 0.25) is 0 Å². The lowest BCUT2D eigenvalue weighted by Gasteiger charge is -1.97. The van der Waals surface area contributed by atoms with E-state index in [4.69, 9.17) is 4.52 Å². The molecule has 2 aromatic heterocycles. The summed E-state index contributed by atoms with van der Waals surface area (Å²) < 4.78 is 6.65. The van der Waals surface area contributed by atoms with E-state index in [1.54, 1.807) is 12.3 Å². The first-order valence-corrected chi connectivity index (χ1v) is 5.30. The summed E-state index contributed by atoms with van der Waals surface area (Å²) in [5, 5.41) is 0. The van der Waals surface area contributed by atoms with Crippen LogP contribution in [0.5, 0.6) is 0 Å². The number of hydrogen-bond donors (Lipinski definition) is 0. The molecule has 0 aliphatic carbocycles. The summed E-state index contributed by atoms with van der Waals surface area (Å²) in [6, 6.07) is 11.2. The van der Waals surface area contributed by atoms with Crippen molar-refractivity contribution in [2.24, 2.45) is 0 Å². The minimum absolute atomic E-state index is 0.363. The van der Waals surface area contributed by atoms with Crippen molar-refractivity contribution in [2.45, 2.75) is 6.92 Å². The molecular formula is C13H10N2O2. The van der Waals surface area contributed by atoms with E-state index in [0.29, 0.717) is 11.2 Å². The van der Waals surface area contributed by atoms with Crippen molar-refractivity contribution in [2.75, 3.05) is 0 Å². The monoisotopic (exact) mass is 226 g/mol. The lowest BCUT2D eigenvalue weighted by atomic mass is 10.1. The molecule has 17 heavy (non-hydrogen) atoms. The average molecular weight is 226 g/mol. The van der Waals surface area contributed by atoms with Gasteiger partial charge in [-0.3, -0.25) is 0 Å². The van der Waals surface area contributed by atoms with Gasteiger partial charge in [0.2, 0.25) is 0 Å². The average Bonchev–Trinajstić information content (AvgIpc) is 2.68. The first kappa shape index (κ1) is 9.84. The highest BCUT2D eigenvalue weighted by Gasteiger charge is 2.15. The maximum Gasteiger partial charge on any atom is 0.368 e. The smallest absolute Gasteiger partial charge is 0.329 e. The van der Waals surface area contributed by atoms with Gasteiger partial charge in [0, 0.05) is 6.20 Å². The highest BCUT2D eigenvalue weighted by molar-refractivity contribution is 5.76. The van der Waals surface area contributed by atoms with E-state index >= 15 is 0 Å². The third kappa shape index (κ3) is 1.45. The Balaban J connectivity index is 2.42. The zero-order chi connectivity index (χ0) is 11.8. The topological polar surface area (TPSA) is 47.5 Å². The third-order valence-corrected chi connectivity index (χ3v) is 2.69. The van der Waals surface area contributed by atoms with Gasteiger partial charge in [-0.25, -0.2) is 9.78 Å². The lowest BCUT2D eigenvalue weighted by molar-refractivity contribution is 0.342. The maximum atomic E-state index is 11.9. The zero-order valence-corrected chi connectivity index (χ0v) is 9.25. The normalized spacial score (nSPS) is 10.9. The van der Waals surface area contributed by atoms with Crippen LogP contribution in [0.1, 0.15) is 5.69 Å². The number of nitrogens with zero attached hydrogens (tertiary/aromatic N) is 2. The van der Waals surface area contributed by atoms with Gasteiger partial charge in [-0.15, -0.1) is 0 Å². The van der Waals surface area contributed by atoms with E-state index in [9.17, 15) is 4.79 Å². The van der Waals surface area contributed by atoms with E-state index in [-0.39, 0.29) is 5.63 Å². The molecule has 0 radical (unpaired) electrons. The minimum Gasteiger partial charge on any atom is -0.329 e. The number of aromatic nitrogens is 2. The standard InChI is InChI=1S/C13H10N2O2/c1-9-7-8-14-12-11(13(16)17-15(9)12)10-5-3-2-4-6-10/h2-8H,1H3. The molecule has 0 aliphatic rings. The number of hydrogen-bond acceptors (Lipinski definition) is 3. The molecule has 0 N–H and O–H groups in total. The van der Waals surface area contributed by atoms with Crippen LogP contribution in [-0.4, -0.2) is 9.56 Å². The van der Waals surface area contributed by atoms with Crippen molar-refractivity contribution >= 4 is 5.65 Å². The van der Waals surface area contributed by atoms with Crippen molar-refractivity contribution in [3.8, 4) is 11.1 Å². The largest absolute Gasteiger partial charge is 0.368 e. The Labute approximate surface area is 97.1 Å². The van der Waals surface area contributed by atoms with E-state index in [1.807, 2.05) is 37.3 Å². The van der Waals surface area contributed by atoms with Crippen molar-refractivity contribution in [3.05, 3.63) is 58.7 Å². The molecule has 1 aromatic carbocycles. The van der Waals surface area contributed by atoms with E-state index in [0.717, 1.165) is 11.3 Å². The predicted octanol–water partition coefficient (Wildman–Crippen LogP) is 2.26. The summed E-state index contributed by atoms with van der Waals surface area (Å²) in [6.07, 6.45) is 1.67. The zero-order valence-electron chi connectivity index (χ0n) is 9.25. The van der Waals surface area contributed by atoms with Gasteiger partial charge in [-0.2, -0.15) is 4.57 Å². The first-order valence-electron chi connectivity index (χ1n) is 5.30. The molecule has 2 heterocycles. The van der Waals surface area contributed by atoms with Crippen molar-refractivity contribution < 1.29 is 4.52 Å². The molecule has 0 bridgehead atoms. The number of benzene rings is 1. The molecule has 0 atom stereocenters. The molecule has 0 aliphatic heterocycles. The number of rotatable bonds is 1. The van der Waals surface area contributed by atoms with Gasteiger partial charge in [0.1, 0.15) is 5.56 Å². The molecule has 0 saturated heterocycles. The fraction of sp³-hybridized carbons (Fsp3) is 0.0769. The Bertz CT molecular complexity index is 726. The van der Waals surface area contributed by atoms with Crippen LogP contribution in [0.25, 0.3) is 16.8 Å². The molecule has 0 amide bonds. The SMILES string of the molecule is Cc1ccnc2c(-c3ccccc3)c(=O)on12. The van der Waals surface area contributed by atoms with E-state index in [1.165, 1.54) is 4.57 Å². The van der Waals surface area contributed by atoms with Crippen LogP contribution >= 0.6 is 0 Å². The van der Waals surface area contributed by atoms with Gasteiger partial charge in [0.05, 0.1) is 5.69 Å². The Morgan fingerprint density at radius 1 is 1.18 bits per heavy atom. The molecule has 84 valence electrons. The van der Waals surface area contributed by atoms with E-state index < -0.39 is 0 Å². The second-order valence-corrected chi connectivity index (χ2v) is 3.82. The summed E-state index contributed by atoms with van der Waals surface area (Å²) in [5.41, 5.74) is 2.37. The van der Waals surface area contributed by atoms with Crippen LogP contribution in [0.3, 0.4) is 0 Å². The Morgan fingerprint density at radius 2 is 1.94 bits per heavy atom. The highest BCUT2D eigenvalue weighted by atomic mass is 16.5. The molecule has 3 aromatic rings. The molecule has 3 rings (SSSR count). The Morgan fingerprint density at radius 3 is 2.71 bits per heavy atom. The Kier molecular flexibility index (Phi) is 2.08. The minimum atomic E-state index is -0.363. The number of fused-ring (bicyclic) bond motifs is 1. The maximum absolute atomic E-state index is 11.9. The van der Waals surface area contributed by atoms with Gasteiger partial charge in [0.15, 0.2) is 5.65 Å². The summed E-state index contributed by atoms with van der Waals surface area (Å²) >= 11 is 0. The molecular weight excluding hydrogens is 216 g/mol. The molecule has 0 spiro atoms. The summed E-state index contributed by atoms with van der Waals surface area (Å²) in [6.45, 7) is 1.87. The van der Waals surface area contributed by atoms with Crippen LogP contribution in [0.15, 0.2) is 51.9 Å². The van der Waals surface area contributed by atoms with Crippen LogP contribution in [0, 0.1) is 6.92 Å². The molecule has 0 unspecified atom stereocenters. The fourth-order valence-electron chi connectivity index (χ4n) is 1.86. The van der Waals surface area contributed by atoms with Gasteiger partial charge in [-0.05, 0) is 18.6 Å². The van der Waals surface area contributed by atoms with Crippen LogP contribution < -0.4 is 5.63 Å². The first-order chi connectivity index (χ1) is 8.27. The van der Waals surface area contributed by atoms with Crippen molar-refractivity contribution in [1.29, 1.82) is 0 Å². The molecule has 4 nitrogen and oxygen atoms in total. The molecule has 0 fully saturated rings. The van der Waals surface area contributed by atoms with Gasteiger partial charge >= 0.3 is 5.63 Å². The Hall–Kier alpha value is -2.36. The quantitative estimate of drug-likeness (QED) is 0.639. The summed E-state index contributed by atoms with van der Waals surface area (Å²) in [5.74, 6) is 0. The summed E-state index contributed by atoms with van der Waals surface area (Å²) in [4.78, 5) is 16.1. The highest BCUT2D eigenvalue weighted by Crippen LogP contribution is 2.20.